The van der Waals surface area contributed by atoms with Crippen molar-refractivity contribution in [2.75, 3.05) is 0 Å². The number of aliphatic imine (C=N–C) groups is 1. The zero-order valence-corrected chi connectivity index (χ0v) is 37.4. The molecule has 0 saturated carbocycles. The fourth-order valence-electron chi connectivity index (χ4n) is 9.56. The molecule has 3 heterocycles. The van der Waals surface area contributed by atoms with E-state index in [0.29, 0.717) is 0 Å². The normalized spacial score (nSPS) is 13.5. The minimum absolute atomic E-state index is 0.275. The van der Waals surface area contributed by atoms with Crippen LogP contribution in [-0.2, 0) is 0 Å². The summed E-state index contributed by atoms with van der Waals surface area (Å²) in [6.45, 7) is 0. The minimum Gasteiger partial charge on any atom is -0.340 e. The highest BCUT2D eigenvalue weighted by Gasteiger charge is 2.27. The first-order valence-corrected chi connectivity index (χ1v) is 23.6. The van der Waals surface area contributed by atoms with Crippen LogP contribution in [0.25, 0.3) is 92.9 Å². The number of pyridine rings is 1. The second-order valence-electron chi connectivity index (χ2n) is 16.9. The minimum atomic E-state index is -0.275. The van der Waals surface area contributed by atoms with Crippen molar-refractivity contribution in [2.24, 2.45) is 4.99 Å². The van der Waals surface area contributed by atoms with Gasteiger partial charge in [0.25, 0.3) is 0 Å². The third-order valence-corrected chi connectivity index (χ3v) is 14.0. The van der Waals surface area contributed by atoms with Crippen LogP contribution < -0.4 is 5.32 Å². The molecule has 0 bridgehead atoms. The summed E-state index contributed by atoms with van der Waals surface area (Å²) in [5, 5.41) is 6.37. The van der Waals surface area contributed by atoms with Crippen molar-refractivity contribution in [2.45, 2.75) is 6.04 Å². The highest BCUT2D eigenvalue weighted by molar-refractivity contribution is 7.26. The van der Waals surface area contributed by atoms with E-state index in [9.17, 15) is 0 Å². The molecular formula is C63H43N3S. The van der Waals surface area contributed by atoms with Crippen LogP contribution in [0, 0.1) is 0 Å². The number of fused-ring (bicyclic) bond motifs is 3. The largest absolute Gasteiger partial charge is 0.340 e. The summed E-state index contributed by atoms with van der Waals surface area (Å²) in [5.41, 5.74) is 17.3. The summed E-state index contributed by atoms with van der Waals surface area (Å²) >= 11 is 1.87. The second kappa shape index (κ2) is 17.5. The lowest BCUT2D eigenvalue weighted by atomic mass is 9.82. The molecule has 0 spiro atoms. The van der Waals surface area contributed by atoms with Crippen molar-refractivity contribution < 1.29 is 0 Å². The maximum atomic E-state index is 5.66. The number of nitrogens with zero attached hydrogens (tertiary/aromatic N) is 2. The molecule has 11 aromatic rings. The van der Waals surface area contributed by atoms with E-state index in [1.165, 1.54) is 31.3 Å². The molecule has 12 rings (SSSR count). The Bertz CT molecular complexity index is 3520. The van der Waals surface area contributed by atoms with E-state index >= 15 is 0 Å². The van der Waals surface area contributed by atoms with Crippen molar-refractivity contribution in [1.29, 1.82) is 0 Å². The molecule has 2 aromatic heterocycles. The first kappa shape index (κ1) is 40.1. The van der Waals surface area contributed by atoms with Crippen LogP contribution in [0.3, 0.4) is 0 Å². The van der Waals surface area contributed by atoms with E-state index in [0.717, 1.165) is 84.1 Å². The molecule has 1 aliphatic rings. The molecule has 0 fully saturated rings. The Morgan fingerprint density at radius 3 is 1.48 bits per heavy atom. The van der Waals surface area contributed by atoms with Gasteiger partial charge in [0.1, 0.15) is 5.84 Å². The van der Waals surface area contributed by atoms with Gasteiger partial charge < -0.3 is 5.32 Å². The lowest BCUT2D eigenvalue weighted by molar-refractivity contribution is 0.881. The Balaban J connectivity index is 1.04. The predicted molar refractivity (Wildman–Crippen MR) is 283 cm³/mol. The summed E-state index contributed by atoms with van der Waals surface area (Å²) in [5.74, 6) is 0.837. The zero-order valence-electron chi connectivity index (χ0n) is 36.6. The first-order chi connectivity index (χ1) is 33.2. The van der Waals surface area contributed by atoms with Crippen LogP contribution in [0.5, 0.6) is 0 Å². The lowest BCUT2D eigenvalue weighted by Gasteiger charge is -2.25. The molecule has 4 heteroatoms. The zero-order chi connectivity index (χ0) is 44.5. The van der Waals surface area contributed by atoms with Gasteiger partial charge in [-0.25, -0.2) is 4.98 Å². The third kappa shape index (κ3) is 7.63. The van der Waals surface area contributed by atoms with Gasteiger partial charge in [0.15, 0.2) is 0 Å². The molecule has 0 amide bonds. The molecule has 1 unspecified atom stereocenters. The first-order valence-electron chi connectivity index (χ1n) is 22.8. The van der Waals surface area contributed by atoms with E-state index in [-0.39, 0.29) is 6.04 Å². The van der Waals surface area contributed by atoms with Crippen molar-refractivity contribution >= 4 is 43.0 Å². The molecule has 0 saturated heterocycles. The molecule has 1 atom stereocenters. The molecule has 0 radical (unpaired) electrons. The third-order valence-electron chi connectivity index (χ3n) is 12.7. The maximum absolute atomic E-state index is 5.66. The molecule has 0 aliphatic carbocycles. The Kier molecular flexibility index (Phi) is 10.5. The summed E-state index contributed by atoms with van der Waals surface area (Å²) < 4.78 is 2.63. The fourth-order valence-corrected chi connectivity index (χ4v) is 10.8. The van der Waals surface area contributed by atoms with Gasteiger partial charge in [-0.1, -0.05) is 231 Å². The Labute approximate surface area is 394 Å². The van der Waals surface area contributed by atoms with Crippen LogP contribution in [0.15, 0.2) is 254 Å². The average Bonchev–Trinajstić information content (AvgIpc) is 3.81. The highest BCUT2D eigenvalue weighted by Crippen LogP contribution is 2.49. The highest BCUT2D eigenvalue weighted by atomic mass is 32.1. The van der Waals surface area contributed by atoms with E-state index in [4.69, 9.17) is 9.98 Å². The van der Waals surface area contributed by atoms with Crippen LogP contribution in [0.2, 0.25) is 0 Å². The molecule has 1 aliphatic heterocycles. The van der Waals surface area contributed by atoms with Crippen molar-refractivity contribution in [1.82, 2.24) is 10.3 Å². The lowest BCUT2D eigenvalue weighted by Crippen LogP contribution is -2.27. The number of aromatic nitrogens is 1. The standard InChI is InChI=1S/C63H43N3S/c1-6-20-44(21-7-1)58-57(59(45-22-8-2-9-23-45)61(47-26-12-4-13-27-47)66-60(58)46-24-10-3-11-25-46)50-31-18-30-49(40-50)55-41-54(64-63(65-55)48-28-14-5-15-29-48)43-38-36-42(37-39-43)51-33-19-34-53-52-32-16-17-35-56(52)67-62(51)53/h1-41,55H,(H,64,65). The van der Waals surface area contributed by atoms with Gasteiger partial charge in [-0.15, -0.1) is 11.3 Å². The van der Waals surface area contributed by atoms with E-state index in [2.05, 4.69) is 254 Å². The van der Waals surface area contributed by atoms with Crippen LogP contribution in [0.4, 0.5) is 0 Å². The molecule has 9 aromatic carbocycles. The number of hydrogen-bond donors (Lipinski definition) is 1. The fraction of sp³-hybridized carbons (Fsp3) is 0.0159. The Hall–Kier alpha value is -8.44. The van der Waals surface area contributed by atoms with Gasteiger partial charge in [0, 0.05) is 59.3 Å². The van der Waals surface area contributed by atoms with Crippen molar-refractivity contribution in [3.05, 3.63) is 265 Å². The topological polar surface area (TPSA) is 37.3 Å². The molecular weight excluding hydrogens is 831 g/mol. The smallest absolute Gasteiger partial charge is 0.133 e. The summed E-state index contributed by atoms with van der Waals surface area (Å²) in [6.07, 6.45) is 2.28. The van der Waals surface area contributed by atoms with Crippen LogP contribution in [-0.4, -0.2) is 10.8 Å². The number of thiophene rings is 1. The van der Waals surface area contributed by atoms with Gasteiger partial charge in [0.05, 0.1) is 17.4 Å². The molecule has 316 valence electrons. The van der Waals surface area contributed by atoms with Crippen LogP contribution in [0.1, 0.15) is 22.7 Å². The van der Waals surface area contributed by atoms with Gasteiger partial charge in [-0.2, -0.15) is 0 Å². The number of amidine groups is 1. The maximum Gasteiger partial charge on any atom is 0.133 e. The van der Waals surface area contributed by atoms with Gasteiger partial charge in [-0.05, 0) is 57.2 Å². The molecule has 1 N–H and O–H groups in total. The second-order valence-corrected chi connectivity index (χ2v) is 17.9. The quantitative estimate of drug-likeness (QED) is 0.157. The monoisotopic (exact) mass is 873 g/mol. The summed E-state index contributed by atoms with van der Waals surface area (Å²) in [4.78, 5) is 11.1. The predicted octanol–water partition coefficient (Wildman–Crippen LogP) is 16.6. The van der Waals surface area contributed by atoms with Gasteiger partial charge >= 0.3 is 0 Å². The molecule has 3 nitrogen and oxygen atoms in total. The number of rotatable bonds is 9. The van der Waals surface area contributed by atoms with E-state index < -0.39 is 0 Å². The van der Waals surface area contributed by atoms with E-state index in [1.807, 2.05) is 11.3 Å². The SMILES string of the molecule is C1=C(c2ccc(-c3cccc4c3sc3ccccc34)cc2)NC(c2ccccc2)=NC1c1cccc(-c2c(-c3ccccc3)c(-c3ccccc3)nc(-c3ccccc3)c2-c2ccccc2)c1. The van der Waals surface area contributed by atoms with E-state index in [1.54, 1.807) is 0 Å². The van der Waals surface area contributed by atoms with Gasteiger partial charge in [0.2, 0.25) is 0 Å². The summed E-state index contributed by atoms with van der Waals surface area (Å²) in [6, 6.07) is 86.3. The average molecular weight is 874 g/mol. The summed E-state index contributed by atoms with van der Waals surface area (Å²) in [7, 11) is 0. The number of nitrogens with one attached hydrogen (secondary N) is 1. The number of hydrogen-bond acceptors (Lipinski definition) is 4. The number of benzene rings is 9. The van der Waals surface area contributed by atoms with Gasteiger partial charge in [-0.3, -0.25) is 4.99 Å². The Morgan fingerprint density at radius 1 is 0.373 bits per heavy atom. The van der Waals surface area contributed by atoms with Crippen LogP contribution >= 0.6 is 11.3 Å². The van der Waals surface area contributed by atoms with Crippen molar-refractivity contribution in [3.63, 3.8) is 0 Å². The Morgan fingerprint density at radius 2 is 0.866 bits per heavy atom. The molecule has 67 heavy (non-hydrogen) atoms. The van der Waals surface area contributed by atoms with Crippen molar-refractivity contribution in [3.8, 4) is 67.0 Å².